The van der Waals surface area contributed by atoms with Crippen LogP contribution in [0.5, 0.6) is 0 Å². The topological polar surface area (TPSA) is 100 Å². The largest absolute Gasteiger partial charge is 0.367 e. The molecule has 0 aliphatic carbocycles. The smallest absolute Gasteiger partial charge is 0.251 e. The van der Waals surface area contributed by atoms with Gasteiger partial charge in [0.05, 0.1) is 10.5 Å². The summed E-state index contributed by atoms with van der Waals surface area (Å²) < 4.78 is 32.7. The average molecular weight is 467 g/mol. The van der Waals surface area contributed by atoms with Crippen molar-refractivity contribution in [1.82, 2.24) is 9.69 Å². The highest BCUT2D eigenvalue weighted by molar-refractivity contribution is 7.91. The number of nitrogens with zero attached hydrogens (tertiary/aromatic N) is 1. The van der Waals surface area contributed by atoms with E-state index in [1.54, 1.807) is 48.5 Å². The first-order valence-corrected chi connectivity index (χ1v) is 12.4. The van der Waals surface area contributed by atoms with Gasteiger partial charge in [0, 0.05) is 29.7 Å². The van der Waals surface area contributed by atoms with Crippen LogP contribution >= 0.6 is 11.5 Å². The van der Waals surface area contributed by atoms with Crippen LogP contribution in [0, 0.1) is 0 Å². The monoisotopic (exact) mass is 466 g/mol. The van der Waals surface area contributed by atoms with Crippen molar-refractivity contribution in [3.05, 3.63) is 90.0 Å². The van der Waals surface area contributed by atoms with Crippen molar-refractivity contribution in [2.45, 2.75) is 5.75 Å². The van der Waals surface area contributed by atoms with Gasteiger partial charge in [-0.25, -0.2) is 8.42 Å². The summed E-state index contributed by atoms with van der Waals surface area (Å²) >= 11 is 1.43. The molecule has 0 saturated heterocycles. The average Bonchev–Trinajstić information content (AvgIpc) is 3.20. The minimum Gasteiger partial charge on any atom is -0.367 e. The second-order valence-electron chi connectivity index (χ2n) is 7.13. The van der Waals surface area contributed by atoms with Gasteiger partial charge < -0.3 is 10.6 Å². The molecular weight excluding hydrogens is 444 g/mol. The molecule has 32 heavy (non-hydrogen) atoms. The fourth-order valence-corrected chi connectivity index (χ4v) is 5.12. The molecule has 3 N–H and O–H groups in total. The van der Waals surface area contributed by atoms with E-state index in [0.717, 1.165) is 15.9 Å². The van der Waals surface area contributed by atoms with Gasteiger partial charge in [-0.05, 0) is 53.5 Å². The van der Waals surface area contributed by atoms with Crippen LogP contribution in [0.25, 0.3) is 10.1 Å². The van der Waals surface area contributed by atoms with Gasteiger partial charge in [0.15, 0.2) is 0 Å². The minimum absolute atomic E-state index is 0.114. The molecule has 0 saturated carbocycles. The summed E-state index contributed by atoms with van der Waals surface area (Å²) in [6.07, 6.45) is 0. The van der Waals surface area contributed by atoms with Crippen molar-refractivity contribution in [1.29, 1.82) is 0 Å². The van der Waals surface area contributed by atoms with E-state index in [0.29, 0.717) is 29.9 Å². The molecule has 4 rings (SSSR count). The van der Waals surface area contributed by atoms with Crippen LogP contribution in [0.15, 0.2) is 78.9 Å². The number of rotatable bonds is 9. The number of aromatic nitrogens is 1. The molecule has 164 valence electrons. The lowest BCUT2D eigenvalue weighted by atomic mass is 10.2. The van der Waals surface area contributed by atoms with Gasteiger partial charge in [-0.15, -0.1) is 0 Å². The zero-order valence-electron chi connectivity index (χ0n) is 17.1. The van der Waals surface area contributed by atoms with E-state index < -0.39 is 10.0 Å². The van der Waals surface area contributed by atoms with Crippen molar-refractivity contribution < 1.29 is 13.2 Å². The number of benzene rings is 3. The summed E-state index contributed by atoms with van der Waals surface area (Å²) in [4.78, 5) is 12.4. The van der Waals surface area contributed by atoms with Crippen LogP contribution in [-0.4, -0.2) is 31.8 Å². The zero-order valence-corrected chi connectivity index (χ0v) is 18.7. The Labute approximate surface area is 190 Å². The summed E-state index contributed by atoms with van der Waals surface area (Å²) in [7, 11) is -3.54. The molecule has 0 aliphatic rings. The number of hydrogen-bond donors (Lipinski definition) is 3. The Morgan fingerprint density at radius 2 is 1.59 bits per heavy atom. The Bertz CT molecular complexity index is 1300. The normalized spacial score (nSPS) is 11.2. The van der Waals surface area contributed by atoms with Gasteiger partial charge in [0.2, 0.25) is 10.0 Å². The molecule has 1 amide bonds. The fourth-order valence-electron chi connectivity index (χ4n) is 3.17. The number of fused-ring (bicyclic) bond motifs is 1. The summed E-state index contributed by atoms with van der Waals surface area (Å²) in [6, 6.07) is 23.3. The van der Waals surface area contributed by atoms with Crippen LogP contribution in [0.4, 0.5) is 11.5 Å². The lowest BCUT2D eigenvalue weighted by molar-refractivity contribution is 0.0955. The van der Waals surface area contributed by atoms with Crippen molar-refractivity contribution >= 4 is 49.1 Å². The van der Waals surface area contributed by atoms with Gasteiger partial charge in [0.25, 0.3) is 5.91 Å². The van der Waals surface area contributed by atoms with Crippen molar-refractivity contribution in [2.24, 2.45) is 0 Å². The summed E-state index contributed by atoms with van der Waals surface area (Å²) in [5, 5.41) is 7.15. The standard InChI is InChI=1S/C23H22N4O3S2/c28-23(25-15-14-24-22-20-8-4-5-9-21(20)31-26-22)18-10-12-19(13-11-18)27-32(29,30)16-17-6-2-1-3-7-17/h1-13,27H,14-16H2,(H,24,26)(H,25,28). The molecule has 0 atom stereocenters. The number of nitrogens with one attached hydrogen (secondary N) is 3. The molecule has 1 heterocycles. The number of hydrogen-bond acceptors (Lipinski definition) is 6. The second kappa shape index (κ2) is 9.80. The summed E-state index contributed by atoms with van der Waals surface area (Å²) in [6.45, 7) is 0.965. The molecule has 0 aliphatic heterocycles. The van der Waals surface area contributed by atoms with Crippen molar-refractivity contribution in [2.75, 3.05) is 23.1 Å². The first-order valence-electron chi connectivity index (χ1n) is 10.0. The molecule has 0 unspecified atom stereocenters. The predicted molar refractivity (Wildman–Crippen MR) is 130 cm³/mol. The molecule has 0 fully saturated rings. The van der Waals surface area contributed by atoms with E-state index in [4.69, 9.17) is 0 Å². The van der Waals surface area contributed by atoms with Gasteiger partial charge in [0.1, 0.15) is 5.82 Å². The quantitative estimate of drug-likeness (QED) is 0.323. The highest BCUT2D eigenvalue weighted by Crippen LogP contribution is 2.25. The maximum Gasteiger partial charge on any atom is 0.251 e. The Balaban J connectivity index is 1.26. The zero-order chi connectivity index (χ0) is 22.4. The lowest BCUT2D eigenvalue weighted by Crippen LogP contribution is -2.28. The van der Waals surface area contributed by atoms with Gasteiger partial charge in [-0.2, -0.15) is 4.37 Å². The third kappa shape index (κ3) is 5.63. The van der Waals surface area contributed by atoms with E-state index >= 15 is 0 Å². The van der Waals surface area contributed by atoms with Crippen LogP contribution in [0.2, 0.25) is 0 Å². The highest BCUT2D eigenvalue weighted by Gasteiger charge is 2.12. The maximum atomic E-state index is 12.4. The van der Waals surface area contributed by atoms with Crippen LogP contribution in [0.3, 0.4) is 0 Å². The SMILES string of the molecule is O=C(NCCNc1nsc2ccccc12)c1ccc(NS(=O)(=O)Cc2ccccc2)cc1. The van der Waals surface area contributed by atoms with E-state index in [1.165, 1.54) is 11.5 Å². The van der Waals surface area contributed by atoms with Gasteiger partial charge in [-0.1, -0.05) is 42.5 Å². The number of carbonyl (C=O) groups is 1. The molecular formula is C23H22N4O3S2. The highest BCUT2D eigenvalue weighted by atomic mass is 32.2. The third-order valence-electron chi connectivity index (χ3n) is 4.70. The molecule has 4 aromatic rings. The summed E-state index contributed by atoms with van der Waals surface area (Å²) in [5.41, 5.74) is 1.57. The lowest BCUT2D eigenvalue weighted by Gasteiger charge is -2.10. The number of amides is 1. The van der Waals surface area contributed by atoms with E-state index in [-0.39, 0.29) is 11.7 Å². The Kier molecular flexibility index (Phi) is 6.67. The van der Waals surface area contributed by atoms with Gasteiger partial charge >= 0.3 is 0 Å². The molecule has 7 nitrogen and oxygen atoms in total. The number of anilines is 2. The maximum absolute atomic E-state index is 12.4. The minimum atomic E-state index is -3.54. The molecule has 1 aromatic heterocycles. The second-order valence-corrected chi connectivity index (χ2v) is 9.66. The van der Waals surface area contributed by atoms with Crippen LogP contribution in [-0.2, 0) is 15.8 Å². The molecule has 9 heteroatoms. The van der Waals surface area contributed by atoms with E-state index in [2.05, 4.69) is 19.7 Å². The Morgan fingerprint density at radius 1 is 0.875 bits per heavy atom. The molecule has 0 bridgehead atoms. The van der Waals surface area contributed by atoms with Crippen LogP contribution < -0.4 is 15.4 Å². The first kappa shape index (κ1) is 21.8. The van der Waals surface area contributed by atoms with Crippen molar-refractivity contribution in [3.63, 3.8) is 0 Å². The fraction of sp³-hybridized carbons (Fsp3) is 0.130. The molecule has 0 radical (unpaired) electrons. The Morgan fingerprint density at radius 3 is 2.38 bits per heavy atom. The summed E-state index contributed by atoms with van der Waals surface area (Å²) in [5.74, 6) is 0.470. The molecule has 3 aromatic carbocycles. The number of carbonyl (C=O) groups excluding carboxylic acids is 1. The van der Waals surface area contributed by atoms with Gasteiger partial charge in [-0.3, -0.25) is 9.52 Å². The van der Waals surface area contributed by atoms with E-state index in [1.807, 2.05) is 30.3 Å². The van der Waals surface area contributed by atoms with Crippen LogP contribution in [0.1, 0.15) is 15.9 Å². The molecule has 0 spiro atoms. The first-order chi connectivity index (χ1) is 15.5. The third-order valence-corrected chi connectivity index (χ3v) is 6.79. The predicted octanol–water partition coefficient (Wildman–Crippen LogP) is 4.08. The number of sulfonamides is 1. The van der Waals surface area contributed by atoms with Crippen molar-refractivity contribution in [3.8, 4) is 0 Å². The Hall–Kier alpha value is -3.43. The van der Waals surface area contributed by atoms with E-state index in [9.17, 15) is 13.2 Å².